The fourth-order valence-corrected chi connectivity index (χ4v) is 3.76. The Morgan fingerprint density at radius 3 is 2.87 bits per heavy atom. The van der Waals surface area contributed by atoms with Crippen LogP contribution in [0.3, 0.4) is 0 Å². The molecule has 1 aliphatic heterocycles. The number of fused-ring (bicyclic) bond motifs is 5. The highest BCUT2D eigenvalue weighted by atomic mass is 16.5. The highest BCUT2D eigenvalue weighted by molar-refractivity contribution is 6.02. The smallest absolute Gasteiger partial charge is 0.328 e. The number of hydrogen-bond acceptors (Lipinski definition) is 3. The van der Waals surface area contributed by atoms with Gasteiger partial charge in [0.15, 0.2) is 0 Å². The van der Waals surface area contributed by atoms with Gasteiger partial charge in [0, 0.05) is 11.3 Å². The molecule has 15 heavy (non-hydrogen) atoms. The molecule has 0 aromatic heterocycles. The van der Waals surface area contributed by atoms with E-state index in [1.54, 1.807) is 0 Å². The van der Waals surface area contributed by atoms with E-state index in [0.29, 0.717) is 5.92 Å². The van der Waals surface area contributed by atoms with Gasteiger partial charge >= 0.3 is 5.97 Å². The molecule has 3 heteroatoms. The molecule has 2 saturated carbocycles. The van der Waals surface area contributed by atoms with Gasteiger partial charge in [0.05, 0.1) is 5.71 Å². The van der Waals surface area contributed by atoms with Crippen LogP contribution < -0.4 is 0 Å². The maximum Gasteiger partial charge on any atom is 0.328 e. The van der Waals surface area contributed by atoms with Gasteiger partial charge in [0.25, 0.3) is 0 Å². The molecule has 2 aliphatic carbocycles. The van der Waals surface area contributed by atoms with Gasteiger partial charge < -0.3 is 4.74 Å². The molecule has 82 valence electrons. The molecule has 2 fully saturated rings. The van der Waals surface area contributed by atoms with Crippen LogP contribution in [0, 0.1) is 16.7 Å². The molecule has 0 aromatic carbocycles. The van der Waals surface area contributed by atoms with Crippen LogP contribution in [0.1, 0.15) is 33.6 Å². The molecular weight excluding hydrogens is 190 g/mol. The van der Waals surface area contributed by atoms with Gasteiger partial charge in [-0.3, -0.25) is 9.79 Å². The SMILES string of the molecule is CC12CCC(C3OC(=O)CN=C31)C2(C)C. The average molecular weight is 207 g/mol. The quantitative estimate of drug-likeness (QED) is 0.568. The molecule has 0 spiro atoms. The number of ether oxygens (including phenoxy) is 1. The van der Waals surface area contributed by atoms with E-state index in [-0.39, 0.29) is 29.4 Å². The minimum Gasteiger partial charge on any atom is -0.454 e. The van der Waals surface area contributed by atoms with E-state index in [2.05, 4.69) is 25.8 Å². The molecule has 3 nitrogen and oxygen atoms in total. The summed E-state index contributed by atoms with van der Waals surface area (Å²) in [5, 5.41) is 0. The summed E-state index contributed by atoms with van der Waals surface area (Å²) < 4.78 is 5.48. The predicted octanol–water partition coefficient (Wildman–Crippen LogP) is 1.81. The minimum atomic E-state index is -0.157. The van der Waals surface area contributed by atoms with Gasteiger partial charge in [-0.2, -0.15) is 0 Å². The van der Waals surface area contributed by atoms with Gasteiger partial charge in [-0.15, -0.1) is 0 Å². The highest BCUT2D eigenvalue weighted by Gasteiger charge is 2.66. The summed E-state index contributed by atoms with van der Waals surface area (Å²) in [6, 6.07) is 0. The van der Waals surface area contributed by atoms with Gasteiger partial charge in [-0.1, -0.05) is 20.8 Å². The third-order valence-electron chi connectivity index (χ3n) is 5.14. The van der Waals surface area contributed by atoms with Gasteiger partial charge in [-0.25, -0.2) is 0 Å². The lowest BCUT2D eigenvalue weighted by atomic mass is 9.70. The third kappa shape index (κ3) is 0.876. The lowest BCUT2D eigenvalue weighted by Gasteiger charge is -2.34. The van der Waals surface area contributed by atoms with Crippen molar-refractivity contribution in [3.05, 3.63) is 0 Å². The second-order valence-corrected chi connectivity index (χ2v) is 5.81. The maximum atomic E-state index is 11.3. The maximum absolute atomic E-state index is 11.3. The number of carbonyl (C=O) groups excluding carboxylic acids is 1. The molecule has 3 rings (SSSR count). The molecule has 3 unspecified atom stereocenters. The van der Waals surface area contributed by atoms with Crippen molar-refractivity contribution >= 4 is 11.7 Å². The molecule has 0 aromatic rings. The van der Waals surface area contributed by atoms with E-state index in [9.17, 15) is 4.79 Å². The van der Waals surface area contributed by atoms with E-state index < -0.39 is 0 Å². The number of esters is 1. The summed E-state index contributed by atoms with van der Waals surface area (Å²) in [6.07, 6.45) is 2.35. The van der Waals surface area contributed by atoms with Crippen LogP contribution in [0.25, 0.3) is 0 Å². The molecule has 1 heterocycles. The number of nitrogens with zero attached hydrogens (tertiary/aromatic N) is 1. The zero-order chi connectivity index (χ0) is 10.8. The fraction of sp³-hybridized carbons (Fsp3) is 0.833. The highest BCUT2D eigenvalue weighted by Crippen LogP contribution is 2.65. The van der Waals surface area contributed by atoms with Crippen LogP contribution in [-0.2, 0) is 9.53 Å². The first-order chi connectivity index (χ1) is 6.97. The van der Waals surface area contributed by atoms with Gasteiger partial charge in [0.1, 0.15) is 12.6 Å². The molecular formula is C12H17NO2. The Morgan fingerprint density at radius 1 is 1.40 bits per heavy atom. The topological polar surface area (TPSA) is 38.7 Å². The van der Waals surface area contributed by atoms with Crippen LogP contribution in [0.2, 0.25) is 0 Å². The molecule has 3 aliphatic rings. The predicted molar refractivity (Wildman–Crippen MR) is 56.8 cm³/mol. The largest absolute Gasteiger partial charge is 0.454 e. The summed E-state index contributed by atoms with van der Waals surface area (Å²) >= 11 is 0. The zero-order valence-corrected chi connectivity index (χ0v) is 9.54. The van der Waals surface area contributed by atoms with Crippen molar-refractivity contribution in [1.29, 1.82) is 0 Å². The summed E-state index contributed by atoms with van der Waals surface area (Å²) in [7, 11) is 0. The van der Waals surface area contributed by atoms with E-state index >= 15 is 0 Å². The lowest BCUT2D eigenvalue weighted by molar-refractivity contribution is -0.147. The second kappa shape index (κ2) is 2.45. The third-order valence-corrected chi connectivity index (χ3v) is 5.14. The van der Waals surface area contributed by atoms with Gasteiger partial charge in [-0.05, 0) is 18.3 Å². The first-order valence-electron chi connectivity index (χ1n) is 5.71. The molecule has 3 atom stereocenters. The first kappa shape index (κ1) is 9.37. The van der Waals surface area contributed by atoms with Crippen molar-refractivity contribution < 1.29 is 9.53 Å². The van der Waals surface area contributed by atoms with Crippen molar-refractivity contribution in [2.24, 2.45) is 21.7 Å². The van der Waals surface area contributed by atoms with Crippen molar-refractivity contribution in [3.8, 4) is 0 Å². The molecule has 0 saturated heterocycles. The van der Waals surface area contributed by atoms with Crippen LogP contribution in [0.5, 0.6) is 0 Å². The molecule has 0 amide bonds. The lowest BCUT2D eigenvalue weighted by Crippen LogP contribution is -2.41. The van der Waals surface area contributed by atoms with E-state index in [1.807, 2.05) is 0 Å². The fourth-order valence-electron chi connectivity index (χ4n) is 3.76. The van der Waals surface area contributed by atoms with Crippen LogP contribution in [0.15, 0.2) is 4.99 Å². The standard InChI is InChI=1S/C12H17NO2/c1-11(2)7-4-5-12(11,3)10-9(7)15-8(14)6-13-10/h7,9H,4-6H2,1-3H3. The molecule has 0 N–H and O–H groups in total. The normalized spacial score (nSPS) is 46.1. The second-order valence-electron chi connectivity index (χ2n) is 5.81. The van der Waals surface area contributed by atoms with E-state index in [0.717, 1.165) is 5.71 Å². The van der Waals surface area contributed by atoms with E-state index in [1.165, 1.54) is 12.8 Å². The van der Waals surface area contributed by atoms with Crippen molar-refractivity contribution in [1.82, 2.24) is 0 Å². The number of aliphatic imine (C=N–C) groups is 1. The minimum absolute atomic E-state index is 0.0139. The average Bonchev–Trinajstić information content (AvgIpc) is 2.47. The van der Waals surface area contributed by atoms with Gasteiger partial charge in [0.2, 0.25) is 0 Å². The van der Waals surface area contributed by atoms with Crippen molar-refractivity contribution in [2.75, 3.05) is 6.54 Å². The number of carbonyl (C=O) groups is 1. The molecule has 2 bridgehead atoms. The summed E-state index contributed by atoms with van der Waals surface area (Å²) in [4.78, 5) is 15.7. The van der Waals surface area contributed by atoms with Crippen LogP contribution >= 0.6 is 0 Å². The Morgan fingerprint density at radius 2 is 2.13 bits per heavy atom. The zero-order valence-electron chi connectivity index (χ0n) is 9.54. The van der Waals surface area contributed by atoms with Crippen molar-refractivity contribution in [2.45, 2.75) is 39.7 Å². The van der Waals surface area contributed by atoms with Crippen molar-refractivity contribution in [3.63, 3.8) is 0 Å². The molecule has 0 radical (unpaired) electrons. The Kier molecular flexibility index (Phi) is 1.53. The Bertz CT molecular complexity index is 372. The number of rotatable bonds is 0. The Hall–Kier alpha value is -0.860. The summed E-state index contributed by atoms with van der Waals surface area (Å²) in [5.41, 5.74) is 1.54. The first-order valence-corrected chi connectivity index (χ1v) is 5.71. The van der Waals surface area contributed by atoms with Crippen LogP contribution in [-0.4, -0.2) is 24.3 Å². The summed E-state index contributed by atoms with van der Waals surface area (Å²) in [5.74, 6) is 0.321. The van der Waals surface area contributed by atoms with Crippen LogP contribution in [0.4, 0.5) is 0 Å². The number of hydrogen-bond donors (Lipinski definition) is 0. The summed E-state index contributed by atoms with van der Waals surface area (Å²) in [6.45, 7) is 7.09. The monoisotopic (exact) mass is 207 g/mol. The van der Waals surface area contributed by atoms with E-state index in [4.69, 9.17) is 4.74 Å². The Labute approximate surface area is 89.9 Å². The Balaban J connectivity index is 2.12.